The Balaban J connectivity index is 1.81. The van der Waals surface area contributed by atoms with Crippen LogP contribution in [0.2, 0.25) is 0 Å². The summed E-state index contributed by atoms with van der Waals surface area (Å²) in [6.07, 6.45) is 2.19. The topological polar surface area (TPSA) is 35.5 Å². The van der Waals surface area contributed by atoms with Gasteiger partial charge in [-0.05, 0) is 43.9 Å². The molecule has 1 saturated heterocycles. The molecule has 2 bridgehead atoms. The molecular formula is C14H22O3. The zero-order chi connectivity index (χ0) is 12.4. The molecule has 4 fully saturated rings. The Morgan fingerprint density at radius 3 is 2.53 bits per heavy atom. The molecular weight excluding hydrogens is 216 g/mol. The molecule has 0 aromatic carbocycles. The normalized spacial score (nSPS) is 51.3. The van der Waals surface area contributed by atoms with Gasteiger partial charge in [0.2, 0.25) is 6.29 Å². The largest absolute Gasteiger partial charge is 0.343 e. The molecule has 0 unspecified atom stereocenters. The Morgan fingerprint density at radius 2 is 1.94 bits per heavy atom. The van der Waals surface area contributed by atoms with Gasteiger partial charge in [-0.25, -0.2) is 0 Å². The number of Topliss-reactive ketones (excluding diaryl/α,β-unsaturated/α-hetero) is 1. The highest BCUT2D eigenvalue weighted by Gasteiger charge is 2.61. The smallest absolute Gasteiger partial charge is 0.218 e. The van der Waals surface area contributed by atoms with Crippen molar-refractivity contribution in [3.8, 4) is 0 Å². The maximum Gasteiger partial charge on any atom is 0.218 e. The van der Waals surface area contributed by atoms with E-state index in [1.54, 1.807) is 6.92 Å². The Labute approximate surface area is 103 Å². The highest BCUT2D eigenvalue weighted by molar-refractivity contribution is 5.79. The second-order valence-electron chi connectivity index (χ2n) is 6.63. The zero-order valence-corrected chi connectivity index (χ0v) is 11.1. The van der Waals surface area contributed by atoms with Crippen molar-refractivity contribution in [3.05, 3.63) is 0 Å². The maximum atomic E-state index is 11.4. The summed E-state index contributed by atoms with van der Waals surface area (Å²) < 4.78 is 11.6. The molecule has 0 spiro atoms. The molecule has 3 saturated carbocycles. The quantitative estimate of drug-likeness (QED) is 0.703. The van der Waals surface area contributed by atoms with Gasteiger partial charge in [0.05, 0.1) is 12.2 Å². The van der Waals surface area contributed by atoms with E-state index in [9.17, 15) is 4.79 Å². The lowest BCUT2D eigenvalue weighted by Gasteiger charge is -2.64. The number of ether oxygens (including phenoxy) is 2. The number of carbonyl (C=O) groups is 1. The van der Waals surface area contributed by atoms with Crippen LogP contribution in [-0.4, -0.2) is 24.3 Å². The Kier molecular flexibility index (Phi) is 2.43. The third kappa shape index (κ3) is 1.52. The van der Waals surface area contributed by atoms with Gasteiger partial charge in [-0.3, -0.25) is 4.79 Å². The van der Waals surface area contributed by atoms with Crippen LogP contribution in [0.1, 0.15) is 40.5 Å². The van der Waals surface area contributed by atoms with E-state index >= 15 is 0 Å². The fraction of sp³-hybridized carbons (Fsp3) is 0.929. The summed E-state index contributed by atoms with van der Waals surface area (Å²) >= 11 is 0. The van der Waals surface area contributed by atoms with Crippen LogP contribution < -0.4 is 0 Å². The van der Waals surface area contributed by atoms with Crippen molar-refractivity contribution in [2.45, 2.75) is 59.0 Å². The van der Waals surface area contributed by atoms with Gasteiger partial charge in [-0.15, -0.1) is 0 Å². The van der Waals surface area contributed by atoms with E-state index in [2.05, 4.69) is 20.8 Å². The fourth-order valence-electron chi connectivity index (χ4n) is 4.25. The SMILES string of the molecule is CC(=O)[C@@H]1O[C@@H](C)[C@@H]2[C@H](C[C@H]3C[C@@H]2C3(C)C)O1. The van der Waals surface area contributed by atoms with Crippen LogP contribution in [-0.2, 0) is 14.3 Å². The summed E-state index contributed by atoms with van der Waals surface area (Å²) in [5, 5.41) is 0. The van der Waals surface area contributed by atoms with E-state index in [0.717, 1.165) is 12.3 Å². The van der Waals surface area contributed by atoms with Crippen LogP contribution in [0.5, 0.6) is 0 Å². The van der Waals surface area contributed by atoms with Gasteiger partial charge in [-0.1, -0.05) is 13.8 Å². The molecule has 3 aliphatic carbocycles. The molecule has 0 aromatic heterocycles. The molecule has 0 N–H and O–H groups in total. The average Bonchev–Trinajstić information content (AvgIpc) is 2.27. The Hall–Kier alpha value is -0.410. The molecule has 0 amide bonds. The van der Waals surface area contributed by atoms with Gasteiger partial charge in [0, 0.05) is 5.92 Å². The molecule has 4 aliphatic rings. The van der Waals surface area contributed by atoms with E-state index in [-0.39, 0.29) is 18.0 Å². The lowest BCUT2D eigenvalue weighted by atomic mass is 9.44. The molecule has 0 radical (unpaired) electrons. The van der Waals surface area contributed by atoms with E-state index < -0.39 is 6.29 Å². The summed E-state index contributed by atoms with van der Waals surface area (Å²) in [6.45, 7) is 8.38. The number of hydrogen-bond donors (Lipinski definition) is 0. The standard InChI is InChI=1S/C14H22O3/c1-7(15)13-16-8(2)12-10-5-9(14(10,3)4)6-11(12)17-13/h8-13H,5-6H2,1-4H3/t8-,9+,10-,11-,12-,13+/m0/s1. The monoisotopic (exact) mass is 238 g/mol. The predicted molar refractivity (Wildman–Crippen MR) is 63.4 cm³/mol. The van der Waals surface area contributed by atoms with E-state index in [4.69, 9.17) is 9.47 Å². The first kappa shape index (κ1) is 11.7. The van der Waals surface area contributed by atoms with Crippen LogP contribution >= 0.6 is 0 Å². The van der Waals surface area contributed by atoms with Crippen LogP contribution in [0.3, 0.4) is 0 Å². The van der Waals surface area contributed by atoms with Gasteiger partial charge in [-0.2, -0.15) is 0 Å². The average molecular weight is 238 g/mol. The van der Waals surface area contributed by atoms with Crippen molar-refractivity contribution in [1.82, 2.24) is 0 Å². The zero-order valence-electron chi connectivity index (χ0n) is 11.1. The first-order chi connectivity index (χ1) is 7.91. The first-order valence-electron chi connectivity index (χ1n) is 6.72. The summed E-state index contributed by atoms with van der Waals surface area (Å²) in [6, 6.07) is 0. The van der Waals surface area contributed by atoms with Crippen LogP contribution in [0.4, 0.5) is 0 Å². The number of ketones is 1. The summed E-state index contributed by atoms with van der Waals surface area (Å²) in [4.78, 5) is 11.4. The third-order valence-corrected chi connectivity index (χ3v) is 5.47. The third-order valence-electron chi connectivity index (χ3n) is 5.47. The molecule has 3 heteroatoms. The second kappa shape index (κ2) is 3.55. The lowest BCUT2D eigenvalue weighted by molar-refractivity contribution is -0.308. The van der Waals surface area contributed by atoms with Crippen LogP contribution in [0, 0.1) is 23.2 Å². The highest BCUT2D eigenvalue weighted by Crippen LogP contribution is 2.63. The molecule has 17 heavy (non-hydrogen) atoms. The molecule has 1 heterocycles. The molecule has 0 aromatic rings. The van der Waals surface area contributed by atoms with Gasteiger partial charge in [0.1, 0.15) is 0 Å². The van der Waals surface area contributed by atoms with E-state index in [1.165, 1.54) is 6.42 Å². The second-order valence-corrected chi connectivity index (χ2v) is 6.63. The van der Waals surface area contributed by atoms with Crippen molar-refractivity contribution >= 4 is 5.78 Å². The van der Waals surface area contributed by atoms with Crippen molar-refractivity contribution in [3.63, 3.8) is 0 Å². The van der Waals surface area contributed by atoms with Crippen molar-refractivity contribution in [1.29, 1.82) is 0 Å². The summed E-state index contributed by atoms with van der Waals surface area (Å²) in [7, 11) is 0. The lowest BCUT2D eigenvalue weighted by Crippen LogP contribution is -2.64. The van der Waals surface area contributed by atoms with E-state index in [1.807, 2.05) is 0 Å². The van der Waals surface area contributed by atoms with Gasteiger partial charge < -0.3 is 9.47 Å². The Bertz CT molecular complexity index is 349. The number of rotatable bonds is 1. The number of hydrogen-bond acceptors (Lipinski definition) is 3. The van der Waals surface area contributed by atoms with Gasteiger partial charge in [0.25, 0.3) is 0 Å². The van der Waals surface area contributed by atoms with Gasteiger partial charge in [0.15, 0.2) is 5.78 Å². The van der Waals surface area contributed by atoms with Crippen LogP contribution in [0.25, 0.3) is 0 Å². The minimum absolute atomic E-state index is 0.00573. The molecule has 6 atom stereocenters. The maximum absolute atomic E-state index is 11.4. The minimum Gasteiger partial charge on any atom is -0.343 e. The fourth-order valence-corrected chi connectivity index (χ4v) is 4.25. The molecule has 1 aliphatic heterocycles. The van der Waals surface area contributed by atoms with Crippen molar-refractivity contribution in [2.75, 3.05) is 0 Å². The summed E-state index contributed by atoms with van der Waals surface area (Å²) in [5.41, 5.74) is 0.436. The molecule has 3 nitrogen and oxygen atoms in total. The first-order valence-corrected chi connectivity index (χ1v) is 6.72. The van der Waals surface area contributed by atoms with Gasteiger partial charge >= 0.3 is 0 Å². The van der Waals surface area contributed by atoms with Crippen molar-refractivity contribution < 1.29 is 14.3 Å². The highest BCUT2D eigenvalue weighted by atomic mass is 16.7. The van der Waals surface area contributed by atoms with Crippen LogP contribution in [0.15, 0.2) is 0 Å². The molecule has 4 rings (SSSR count). The van der Waals surface area contributed by atoms with E-state index in [0.29, 0.717) is 17.3 Å². The predicted octanol–water partition coefficient (Wildman–Crippen LogP) is 2.39. The summed E-state index contributed by atoms with van der Waals surface area (Å²) in [5.74, 6) is 1.94. The minimum atomic E-state index is -0.619. The van der Waals surface area contributed by atoms with Crippen molar-refractivity contribution in [2.24, 2.45) is 23.2 Å². The molecule has 96 valence electrons. The Morgan fingerprint density at radius 1 is 1.24 bits per heavy atom. The number of carbonyl (C=O) groups excluding carboxylic acids is 1.